The summed E-state index contributed by atoms with van der Waals surface area (Å²) < 4.78 is 5.27. The Morgan fingerprint density at radius 2 is 2.06 bits per heavy atom. The van der Waals surface area contributed by atoms with E-state index >= 15 is 0 Å². The average Bonchev–Trinajstić information content (AvgIpc) is 2.26. The number of aryl methyl sites for hydroxylation is 1. The largest absolute Gasteiger partial charge is 0.483 e. The van der Waals surface area contributed by atoms with E-state index in [0.29, 0.717) is 5.75 Å². The summed E-state index contributed by atoms with van der Waals surface area (Å²) in [6, 6.07) is 6.53. The van der Waals surface area contributed by atoms with Crippen molar-refractivity contribution in [2.45, 2.75) is 13.3 Å². The molecule has 0 spiro atoms. The maximum atomic E-state index is 11.1. The van der Waals surface area contributed by atoms with Gasteiger partial charge in [-0.1, -0.05) is 25.1 Å². The molecule has 5 heteroatoms. The Morgan fingerprint density at radius 1 is 1.38 bits per heavy atom. The van der Waals surface area contributed by atoms with E-state index in [4.69, 9.17) is 10.5 Å². The van der Waals surface area contributed by atoms with Crippen molar-refractivity contribution in [2.75, 3.05) is 6.61 Å². The smallest absolute Gasteiger partial charge is 0.318 e. The number of ether oxygens (including phenoxy) is 1. The van der Waals surface area contributed by atoms with Crippen molar-refractivity contribution >= 4 is 11.9 Å². The van der Waals surface area contributed by atoms with E-state index in [9.17, 15) is 9.59 Å². The molecule has 5 nitrogen and oxygen atoms in total. The van der Waals surface area contributed by atoms with Crippen LogP contribution < -0.4 is 15.8 Å². The predicted molar refractivity (Wildman–Crippen MR) is 59.0 cm³/mol. The molecule has 0 aromatic heterocycles. The van der Waals surface area contributed by atoms with Crippen molar-refractivity contribution in [3.8, 4) is 5.75 Å². The van der Waals surface area contributed by atoms with Gasteiger partial charge >= 0.3 is 6.03 Å². The van der Waals surface area contributed by atoms with Gasteiger partial charge in [0, 0.05) is 0 Å². The number of carbonyl (C=O) groups excluding carboxylic acids is 2. The highest BCUT2D eigenvalue weighted by atomic mass is 16.5. The molecule has 1 rings (SSSR count). The summed E-state index contributed by atoms with van der Waals surface area (Å²) in [6.07, 6.45) is 0.813. The van der Waals surface area contributed by atoms with Crippen LogP contribution in [-0.4, -0.2) is 18.5 Å². The first-order valence-corrected chi connectivity index (χ1v) is 4.93. The van der Waals surface area contributed by atoms with E-state index in [1.54, 1.807) is 6.07 Å². The van der Waals surface area contributed by atoms with Gasteiger partial charge in [0.05, 0.1) is 0 Å². The first kappa shape index (κ1) is 12.0. The van der Waals surface area contributed by atoms with Gasteiger partial charge in [-0.3, -0.25) is 10.1 Å². The molecule has 0 saturated carbocycles. The Kier molecular flexibility index (Phi) is 4.32. The van der Waals surface area contributed by atoms with Crippen LogP contribution in [0.2, 0.25) is 0 Å². The van der Waals surface area contributed by atoms with Crippen LogP contribution in [0.4, 0.5) is 4.79 Å². The number of nitrogens with two attached hydrogens (primary N) is 1. The molecule has 0 atom stereocenters. The molecule has 0 aliphatic rings. The van der Waals surface area contributed by atoms with Crippen molar-refractivity contribution in [3.63, 3.8) is 0 Å². The monoisotopic (exact) mass is 222 g/mol. The highest BCUT2D eigenvalue weighted by molar-refractivity contribution is 5.94. The van der Waals surface area contributed by atoms with Crippen molar-refractivity contribution in [1.29, 1.82) is 0 Å². The van der Waals surface area contributed by atoms with E-state index < -0.39 is 11.9 Å². The fourth-order valence-electron chi connectivity index (χ4n) is 1.25. The Balaban J connectivity index is 2.54. The van der Waals surface area contributed by atoms with Gasteiger partial charge < -0.3 is 10.5 Å². The number of hydrogen-bond donors (Lipinski definition) is 2. The topological polar surface area (TPSA) is 81.4 Å². The van der Waals surface area contributed by atoms with Crippen molar-refractivity contribution < 1.29 is 14.3 Å². The molecule has 0 fully saturated rings. The van der Waals surface area contributed by atoms with Crippen LogP contribution in [0.15, 0.2) is 24.3 Å². The minimum absolute atomic E-state index is 0.222. The third-order valence-electron chi connectivity index (χ3n) is 1.97. The Bertz CT molecular complexity index is 391. The van der Waals surface area contributed by atoms with Gasteiger partial charge in [-0.2, -0.15) is 0 Å². The quantitative estimate of drug-likeness (QED) is 0.791. The second-order valence-corrected chi connectivity index (χ2v) is 3.16. The molecule has 0 heterocycles. The van der Waals surface area contributed by atoms with E-state index in [-0.39, 0.29) is 6.61 Å². The summed E-state index contributed by atoms with van der Waals surface area (Å²) in [4.78, 5) is 21.5. The summed E-state index contributed by atoms with van der Waals surface area (Å²) in [7, 11) is 0. The number of benzene rings is 1. The molecule has 0 saturated heterocycles. The molecule has 0 bridgehead atoms. The lowest BCUT2D eigenvalue weighted by molar-refractivity contribution is -0.121. The molecular weight excluding hydrogens is 208 g/mol. The second kappa shape index (κ2) is 5.75. The predicted octanol–water partition coefficient (Wildman–Crippen LogP) is 0.823. The van der Waals surface area contributed by atoms with Crippen LogP contribution in [0.3, 0.4) is 0 Å². The zero-order valence-electron chi connectivity index (χ0n) is 9.03. The Labute approximate surface area is 93.6 Å². The molecule has 0 aliphatic carbocycles. The van der Waals surface area contributed by atoms with Gasteiger partial charge in [0.1, 0.15) is 5.75 Å². The molecule has 16 heavy (non-hydrogen) atoms. The average molecular weight is 222 g/mol. The molecule has 3 N–H and O–H groups in total. The Morgan fingerprint density at radius 3 is 2.69 bits per heavy atom. The van der Waals surface area contributed by atoms with Gasteiger partial charge in [0.25, 0.3) is 5.91 Å². The molecule has 3 amide bonds. The summed E-state index contributed by atoms with van der Waals surface area (Å²) in [5.74, 6) is 0.0861. The maximum Gasteiger partial charge on any atom is 0.318 e. The highest BCUT2D eigenvalue weighted by Crippen LogP contribution is 2.17. The first-order chi connectivity index (χ1) is 7.63. The zero-order valence-corrected chi connectivity index (χ0v) is 9.03. The fraction of sp³-hybridized carbons (Fsp3) is 0.273. The van der Waals surface area contributed by atoms with Gasteiger partial charge in [-0.15, -0.1) is 0 Å². The van der Waals surface area contributed by atoms with Crippen LogP contribution in [0.25, 0.3) is 0 Å². The third kappa shape index (κ3) is 3.61. The molecule has 0 aliphatic heterocycles. The Hall–Kier alpha value is -2.04. The standard InChI is InChI=1S/C11H14N2O3/c1-2-8-5-3-4-6-9(8)16-7-10(14)13-11(12)15/h3-6H,2,7H2,1H3,(H3,12,13,14,15). The number of carbonyl (C=O) groups is 2. The van der Waals surface area contributed by atoms with Crippen LogP contribution in [0.5, 0.6) is 5.75 Å². The normalized spacial score (nSPS) is 9.56. The number of para-hydroxylation sites is 1. The summed E-state index contributed by atoms with van der Waals surface area (Å²) >= 11 is 0. The number of primary amides is 1. The van der Waals surface area contributed by atoms with Crippen molar-refractivity contribution in [2.24, 2.45) is 5.73 Å². The lowest BCUT2D eigenvalue weighted by Crippen LogP contribution is -2.38. The van der Waals surface area contributed by atoms with Gasteiger partial charge in [-0.05, 0) is 18.1 Å². The summed E-state index contributed by atoms with van der Waals surface area (Å²) in [5, 5.41) is 1.93. The van der Waals surface area contributed by atoms with E-state index in [1.807, 2.05) is 30.4 Å². The molecule has 0 unspecified atom stereocenters. The number of nitrogens with one attached hydrogen (secondary N) is 1. The van der Waals surface area contributed by atoms with Crippen LogP contribution in [-0.2, 0) is 11.2 Å². The molecule has 0 radical (unpaired) electrons. The number of urea groups is 1. The summed E-state index contributed by atoms with van der Waals surface area (Å²) in [6.45, 7) is 1.77. The minimum atomic E-state index is -0.877. The molecule has 86 valence electrons. The minimum Gasteiger partial charge on any atom is -0.483 e. The molecule has 1 aromatic rings. The van der Waals surface area contributed by atoms with E-state index in [0.717, 1.165) is 12.0 Å². The highest BCUT2D eigenvalue weighted by Gasteiger charge is 2.06. The van der Waals surface area contributed by atoms with Crippen LogP contribution in [0.1, 0.15) is 12.5 Å². The summed E-state index contributed by atoms with van der Waals surface area (Å²) in [5.41, 5.74) is 5.80. The number of rotatable bonds is 4. The zero-order chi connectivity index (χ0) is 12.0. The second-order valence-electron chi connectivity index (χ2n) is 3.16. The van der Waals surface area contributed by atoms with Crippen LogP contribution >= 0.6 is 0 Å². The van der Waals surface area contributed by atoms with Gasteiger partial charge in [0.2, 0.25) is 0 Å². The van der Waals surface area contributed by atoms with Gasteiger partial charge in [0.15, 0.2) is 6.61 Å². The number of imide groups is 1. The third-order valence-corrected chi connectivity index (χ3v) is 1.97. The van der Waals surface area contributed by atoms with Gasteiger partial charge in [-0.25, -0.2) is 4.79 Å². The van der Waals surface area contributed by atoms with E-state index in [2.05, 4.69) is 0 Å². The lowest BCUT2D eigenvalue weighted by atomic mass is 10.1. The van der Waals surface area contributed by atoms with Crippen molar-refractivity contribution in [3.05, 3.63) is 29.8 Å². The van der Waals surface area contributed by atoms with Crippen LogP contribution in [0, 0.1) is 0 Å². The SMILES string of the molecule is CCc1ccccc1OCC(=O)NC(N)=O. The maximum absolute atomic E-state index is 11.1. The van der Waals surface area contributed by atoms with Crippen molar-refractivity contribution in [1.82, 2.24) is 5.32 Å². The number of amides is 3. The van der Waals surface area contributed by atoms with E-state index in [1.165, 1.54) is 0 Å². The number of hydrogen-bond acceptors (Lipinski definition) is 3. The lowest BCUT2D eigenvalue weighted by Gasteiger charge is -2.09. The molecular formula is C11H14N2O3. The molecule has 1 aromatic carbocycles. The first-order valence-electron chi connectivity index (χ1n) is 4.93. The fourth-order valence-corrected chi connectivity index (χ4v) is 1.25.